The molecule has 0 aromatic carbocycles. The monoisotopic (exact) mass is 385 g/mol. The lowest BCUT2D eigenvalue weighted by Gasteiger charge is -2.37. The Hall–Kier alpha value is -1.83. The number of hydrogen-bond acceptors (Lipinski definition) is 3. The molecule has 1 amide bonds. The number of nitrogens with two attached hydrogens (primary N) is 1. The highest BCUT2D eigenvalue weighted by atomic mass is 19.4. The van der Waals surface area contributed by atoms with Crippen molar-refractivity contribution in [3.05, 3.63) is 34.3 Å². The maximum Gasteiger partial charge on any atom is 0.422 e. The summed E-state index contributed by atoms with van der Waals surface area (Å²) in [4.78, 5) is 15.0. The van der Waals surface area contributed by atoms with Crippen LogP contribution in [0.2, 0.25) is 0 Å². The molecule has 2 N–H and O–H groups in total. The first-order valence-corrected chi connectivity index (χ1v) is 9.39. The maximum atomic E-state index is 13.3. The molecule has 1 aromatic rings. The number of carbonyl (C=O) groups is 1. The fourth-order valence-electron chi connectivity index (χ4n) is 4.67. The summed E-state index contributed by atoms with van der Waals surface area (Å²) >= 11 is 0. The molecule has 0 spiro atoms. The molecular weight excluding hydrogens is 359 g/mol. The Morgan fingerprint density at radius 2 is 2.19 bits per heavy atom. The lowest BCUT2D eigenvalue weighted by atomic mass is 9.76. The molecule has 8 heteroatoms. The molecule has 27 heavy (non-hydrogen) atoms. The number of pyridine rings is 1. The summed E-state index contributed by atoms with van der Waals surface area (Å²) in [6.07, 6.45) is -0.950. The molecule has 1 aliphatic heterocycles. The molecule has 1 aromatic heterocycles. The summed E-state index contributed by atoms with van der Waals surface area (Å²) in [5.41, 5.74) is 5.15. The summed E-state index contributed by atoms with van der Waals surface area (Å²) in [6.45, 7) is 4.49. The van der Waals surface area contributed by atoms with Crippen LogP contribution in [0.5, 0.6) is 0 Å². The van der Waals surface area contributed by atoms with Gasteiger partial charge in [-0.1, -0.05) is 13.8 Å². The van der Waals surface area contributed by atoms with Crippen LogP contribution in [0, 0.1) is 16.5 Å². The topological polar surface area (TPSA) is 73.3 Å². The number of rotatable bonds is 3. The van der Waals surface area contributed by atoms with Gasteiger partial charge >= 0.3 is 6.18 Å². The molecule has 5 nitrogen and oxygen atoms in total. The van der Waals surface area contributed by atoms with Gasteiger partial charge in [-0.2, -0.15) is 17.9 Å². The third-order valence-electron chi connectivity index (χ3n) is 5.72. The molecular formula is C19H26F3N3O2. The first kappa shape index (κ1) is 19.9. The van der Waals surface area contributed by atoms with Gasteiger partial charge in [0.25, 0.3) is 0 Å². The van der Waals surface area contributed by atoms with Crippen molar-refractivity contribution >= 4 is 5.91 Å². The van der Waals surface area contributed by atoms with Crippen molar-refractivity contribution in [1.29, 1.82) is 0 Å². The second kappa shape index (κ2) is 6.96. The zero-order valence-corrected chi connectivity index (χ0v) is 15.7. The molecule has 1 fully saturated rings. The average Bonchev–Trinajstić information content (AvgIpc) is 2.93. The van der Waals surface area contributed by atoms with Crippen LogP contribution >= 0.6 is 0 Å². The number of fused-ring (bicyclic) bond motifs is 1. The van der Waals surface area contributed by atoms with E-state index >= 15 is 0 Å². The molecule has 1 aliphatic carbocycles. The van der Waals surface area contributed by atoms with E-state index in [1.54, 1.807) is 4.90 Å². The molecule has 0 saturated heterocycles. The lowest BCUT2D eigenvalue weighted by Crippen LogP contribution is -2.49. The first-order chi connectivity index (χ1) is 12.5. The summed E-state index contributed by atoms with van der Waals surface area (Å²) < 4.78 is 39.4. The van der Waals surface area contributed by atoms with Crippen molar-refractivity contribution < 1.29 is 22.7 Å². The minimum absolute atomic E-state index is 0.0228. The second-order valence-electron chi connectivity index (χ2n) is 8.38. The molecule has 150 valence electrons. The summed E-state index contributed by atoms with van der Waals surface area (Å²) in [5, 5.41) is 12.0. The Bertz CT molecular complexity index is 736. The lowest BCUT2D eigenvalue weighted by molar-refractivity contribution is -0.616. The number of aromatic nitrogens is 1. The SMILES string of the molecule is CC(C)CC1(C(=O)N2CCc3c(cc(C(F)(F)F)c[n+]3[O-])C2)CCC(N)C1. The van der Waals surface area contributed by atoms with Crippen molar-refractivity contribution in [3.63, 3.8) is 0 Å². The van der Waals surface area contributed by atoms with Crippen LogP contribution in [0.1, 0.15) is 56.4 Å². The molecule has 2 aliphatic rings. The first-order valence-electron chi connectivity index (χ1n) is 9.39. The molecule has 0 bridgehead atoms. The largest absolute Gasteiger partial charge is 0.618 e. The van der Waals surface area contributed by atoms with Gasteiger partial charge in [0.15, 0.2) is 11.9 Å². The van der Waals surface area contributed by atoms with Crippen LogP contribution in [0.25, 0.3) is 0 Å². The van der Waals surface area contributed by atoms with Gasteiger partial charge in [-0.15, -0.1) is 0 Å². The zero-order valence-electron chi connectivity index (χ0n) is 15.7. The number of hydrogen-bond donors (Lipinski definition) is 1. The highest BCUT2D eigenvalue weighted by Gasteiger charge is 2.47. The van der Waals surface area contributed by atoms with Gasteiger partial charge in [0, 0.05) is 18.2 Å². The highest BCUT2D eigenvalue weighted by molar-refractivity contribution is 5.83. The Labute approximate surface area is 156 Å². The van der Waals surface area contributed by atoms with Crippen molar-refractivity contribution in [2.24, 2.45) is 17.1 Å². The molecule has 3 rings (SSSR count). The Morgan fingerprint density at radius 3 is 2.74 bits per heavy atom. The van der Waals surface area contributed by atoms with Gasteiger partial charge < -0.3 is 15.8 Å². The van der Waals surface area contributed by atoms with Gasteiger partial charge in [-0.05, 0) is 37.7 Å². The normalized spacial score (nSPS) is 25.7. The molecule has 2 unspecified atom stereocenters. The second-order valence-corrected chi connectivity index (χ2v) is 8.38. The van der Waals surface area contributed by atoms with Crippen molar-refractivity contribution in [1.82, 2.24) is 4.90 Å². The number of nitrogens with zero attached hydrogens (tertiary/aromatic N) is 2. The van der Waals surface area contributed by atoms with E-state index in [0.29, 0.717) is 48.3 Å². The van der Waals surface area contributed by atoms with E-state index in [4.69, 9.17) is 5.73 Å². The van der Waals surface area contributed by atoms with Gasteiger partial charge in [0.1, 0.15) is 5.56 Å². The van der Waals surface area contributed by atoms with Gasteiger partial charge in [0.05, 0.1) is 18.4 Å². The zero-order chi connectivity index (χ0) is 20.0. The molecule has 0 radical (unpaired) electrons. The van der Waals surface area contributed by atoms with Crippen LogP contribution in [-0.4, -0.2) is 23.4 Å². The standard InChI is InChI=1S/C19H26F3N3O2/c1-12(2)8-18(5-3-15(23)9-18)17(26)24-6-4-16-13(10-24)7-14(11-25(16)27)19(20,21)22/h7,11-12,15H,3-6,8-10,23H2,1-2H3. The van der Waals surface area contributed by atoms with E-state index in [1.165, 1.54) is 0 Å². The Balaban J connectivity index is 1.88. The van der Waals surface area contributed by atoms with E-state index in [9.17, 15) is 23.2 Å². The minimum Gasteiger partial charge on any atom is -0.618 e. The number of carbonyl (C=O) groups excluding carboxylic acids is 1. The van der Waals surface area contributed by atoms with Crippen molar-refractivity contribution in [2.75, 3.05) is 6.54 Å². The minimum atomic E-state index is -4.59. The predicted molar refractivity (Wildman–Crippen MR) is 93.2 cm³/mol. The van der Waals surface area contributed by atoms with Crippen LogP contribution in [0.3, 0.4) is 0 Å². The molecule has 2 heterocycles. The molecule has 2 atom stereocenters. The van der Waals surface area contributed by atoms with Gasteiger partial charge in [0.2, 0.25) is 5.91 Å². The number of amides is 1. The van der Waals surface area contributed by atoms with E-state index in [2.05, 4.69) is 13.8 Å². The average molecular weight is 385 g/mol. The predicted octanol–water partition coefficient (Wildman–Crippen LogP) is 2.77. The quantitative estimate of drug-likeness (QED) is 0.642. The van der Waals surface area contributed by atoms with E-state index in [-0.39, 0.29) is 30.5 Å². The summed E-state index contributed by atoms with van der Waals surface area (Å²) in [5.74, 6) is 0.279. The van der Waals surface area contributed by atoms with Crippen molar-refractivity contribution in [3.8, 4) is 0 Å². The van der Waals surface area contributed by atoms with E-state index < -0.39 is 17.2 Å². The number of alkyl halides is 3. The maximum absolute atomic E-state index is 13.3. The summed E-state index contributed by atoms with van der Waals surface area (Å²) in [7, 11) is 0. The van der Waals surface area contributed by atoms with E-state index in [0.717, 1.165) is 12.5 Å². The van der Waals surface area contributed by atoms with Gasteiger partial charge in [-0.3, -0.25) is 4.79 Å². The Morgan fingerprint density at radius 1 is 1.48 bits per heavy atom. The summed E-state index contributed by atoms with van der Waals surface area (Å²) in [6, 6.07) is 0.976. The van der Waals surface area contributed by atoms with Crippen LogP contribution in [0.15, 0.2) is 12.3 Å². The third kappa shape index (κ3) is 3.90. The fraction of sp³-hybridized carbons (Fsp3) is 0.684. The fourth-order valence-corrected chi connectivity index (χ4v) is 4.67. The van der Waals surface area contributed by atoms with Crippen molar-refractivity contribution in [2.45, 2.75) is 64.7 Å². The highest BCUT2D eigenvalue weighted by Crippen LogP contribution is 2.45. The van der Waals surface area contributed by atoms with Crippen LogP contribution in [-0.2, 0) is 23.9 Å². The van der Waals surface area contributed by atoms with E-state index in [1.807, 2.05) is 0 Å². The Kier molecular flexibility index (Phi) is 5.14. The van der Waals surface area contributed by atoms with Crippen LogP contribution in [0.4, 0.5) is 13.2 Å². The third-order valence-corrected chi connectivity index (χ3v) is 5.72. The number of halogens is 3. The van der Waals surface area contributed by atoms with Crippen LogP contribution < -0.4 is 10.5 Å². The van der Waals surface area contributed by atoms with Gasteiger partial charge in [-0.25, -0.2) is 0 Å². The molecule has 1 saturated carbocycles. The smallest absolute Gasteiger partial charge is 0.422 e.